The van der Waals surface area contributed by atoms with Crippen LogP contribution in [0.15, 0.2) is 36.4 Å². The molecule has 0 heterocycles. The van der Waals surface area contributed by atoms with Crippen molar-refractivity contribution < 1.29 is 10.2 Å². The van der Waals surface area contributed by atoms with Gasteiger partial charge in [0.05, 0.1) is 0 Å². The van der Waals surface area contributed by atoms with E-state index in [9.17, 15) is 10.2 Å². The predicted octanol–water partition coefficient (Wildman–Crippen LogP) is 3.05. The molecule has 0 saturated carbocycles. The number of rotatable bonds is 2. The predicted molar refractivity (Wildman–Crippen MR) is 72.3 cm³/mol. The minimum atomic E-state index is -1.18. The molecule has 3 rings (SSSR count). The fourth-order valence-electron chi connectivity index (χ4n) is 3.44. The lowest BCUT2D eigenvalue weighted by molar-refractivity contribution is -0.162. The Morgan fingerprint density at radius 3 is 1.67 bits per heavy atom. The van der Waals surface area contributed by atoms with Gasteiger partial charge >= 0.3 is 0 Å². The van der Waals surface area contributed by atoms with Crippen LogP contribution in [0.3, 0.4) is 0 Å². The second kappa shape index (κ2) is 3.56. The van der Waals surface area contributed by atoms with E-state index in [0.717, 1.165) is 21.9 Å². The van der Waals surface area contributed by atoms with Crippen molar-refractivity contribution in [2.75, 3.05) is 0 Å². The zero-order chi connectivity index (χ0) is 13.0. The Morgan fingerprint density at radius 2 is 1.28 bits per heavy atom. The highest BCUT2D eigenvalue weighted by molar-refractivity contribution is 5.93. The minimum absolute atomic E-state index is 0.505. The maximum Gasteiger partial charge on any atom is 0.123 e. The van der Waals surface area contributed by atoms with Gasteiger partial charge in [-0.25, -0.2) is 0 Å². The van der Waals surface area contributed by atoms with Gasteiger partial charge in [-0.2, -0.15) is 0 Å². The monoisotopic (exact) mass is 242 g/mol. The second-order valence-electron chi connectivity index (χ2n) is 5.14. The van der Waals surface area contributed by atoms with E-state index < -0.39 is 11.2 Å². The Labute approximate surface area is 107 Å². The van der Waals surface area contributed by atoms with Gasteiger partial charge in [-0.1, -0.05) is 50.2 Å². The summed E-state index contributed by atoms with van der Waals surface area (Å²) >= 11 is 0. The zero-order valence-corrected chi connectivity index (χ0v) is 10.8. The largest absolute Gasteiger partial charge is 0.382 e. The molecular formula is C16H18O2. The van der Waals surface area contributed by atoms with Crippen LogP contribution in [0.4, 0.5) is 0 Å². The Bertz CT molecular complexity index is 569. The third-order valence-electron chi connectivity index (χ3n) is 4.50. The van der Waals surface area contributed by atoms with Crippen LogP contribution in [0.25, 0.3) is 10.8 Å². The van der Waals surface area contributed by atoms with Gasteiger partial charge in [0.2, 0.25) is 0 Å². The van der Waals surface area contributed by atoms with Crippen molar-refractivity contribution in [3.63, 3.8) is 0 Å². The normalized spacial score (nSPS) is 30.0. The average molecular weight is 242 g/mol. The Hall–Kier alpha value is -1.38. The van der Waals surface area contributed by atoms with Gasteiger partial charge in [-0.15, -0.1) is 0 Å². The molecule has 2 aromatic rings. The number of hydrogen-bond donors (Lipinski definition) is 2. The molecule has 2 aromatic carbocycles. The summed E-state index contributed by atoms with van der Waals surface area (Å²) in [5.74, 6) is 0. The molecule has 0 fully saturated rings. The van der Waals surface area contributed by atoms with Crippen molar-refractivity contribution in [1.82, 2.24) is 0 Å². The second-order valence-corrected chi connectivity index (χ2v) is 5.14. The summed E-state index contributed by atoms with van der Waals surface area (Å²) in [6.45, 7) is 3.84. The average Bonchev–Trinajstić information content (AvgIpc) is 2.62. The van der Waals surface area contributed by atoms with Crippen LogP contribution in [0.2, 0.25) is 0 Å². The van der Waals surface area contributed by atoms with Gasteiger partial charge < -0.3 is 10.2 Å². The van der Waals surface area contributed by atoms with Gasteiger partial charge in [0.1, 0.15) is 11.2 Å². The Morgan fingerprint density at radius 1 is 0.833 bits per heavy atom. The maximum absolute atomic E-state index is 11.0. The SMILES string of the molecule is CC[C@@]1(O)c2cccc3cccc(c23)[C@@]1(O)CC. The molecule has 1 aliphatic carbocycles. The highest BCUT2D eigenvalue weighted by Gasteiger charge is 2.55. The first kappa shape index (κ1) is 11.7. The summed E-state index contributed by atoms with van der Waals surface area (Å²) in [5.41, 5.74) is -0.625. The molecule has 1 aliphatic rings. The molecule has 0 spiro atoms. The molecular weight excluding hydrogens is 224 g/mol. The summed E-state index contributed by atoms with van der Waals surface area (Å²) in [5, 5.41) is 24.1. The molecule has 0 aliphatic heterocycles. The molecule has 0 aromatic heterocycles. The fourth-order valence-corrected chi connectivity index (χ4v) is 3.44. The van der Waals surface area contributed by atoms with Crippen LogP contribution in [-0.4, -0.2) is 10.2 Å². The lowest BCUT2D eigenvalue weighted by Crippen LogP contribution is -2.45. The number of benzene rings is 2. The molecule has 0 saturated heterocycles. The summed E-state index contributed by atoms with van der Waals surface area (Å²) < 4.78 is 0. The molecule has 18 heavy (non-hydrogen) atoms. The lowest BCUT2D eigenvalue weighted by atomic mass is 9.77. The Kier molecular flexibility index (Phi) is 2.31. The molecule has 94 valence electrons. The van der Waals surface area contributed by atoms with Crippen molar-refractivity contribution in [2.24, 2.45) is 0 Å². The summed E-state index contributed by atoms with van der Waals surface area (Å²) in [4.78, 5) is 0. The van der Waals surface area contributed by atoms with E-state index in [0.29, 0.717) is 12.8 Å². The topological polar surface area (TPSA) is 40.5 Å². The smallest absolute Gasteiger partial charge is 0.123 e. The van der Waals surface area contributed by atoms with Crippen molar-refractivity contribution in [3.8, 4) is 0 Å². The zero-order valence-electron chi connectivity index (χ0n) is 10.8. The molecule has 2 heteroatoms. The van der Waals surface area contributed by atoms with Crippen LogP contribution >= 0.6 is 0 Å². The maximum atomic E-state index is 11.0. The quantitative estimate of drug-likeness (QED) is 0.849. The van der Waals surface area contributed by atoms with Gasteiger partial charge in [-0.3, -0.25) is 0 Å². The van der Waals surface area contributed by atoms with Crippen molar-refractivity contribution in [2.45, 2.75) is 37.9 Å². The lowest BCUT2D eigenvalue weighted by Gasteiger charge is -2.38. The number of hydrogen-bond acceptors (Lipinski definition) is 2. The van der Waals surface area contributed by atoms with Crippen LogP contribution in [-0.2, 0) is 11.2 Å². The Balaban J connectivity index is 2.47. The third kappa shape index (κ3) is 1.10. The highest BCUT2D eigenvalue weighted by Crippen LogP contribution is 2.54. The van der Waals surface area contributed by atoms with Crippen molar-refractivity contribution in [1.29, 1.82) is 0 Å². The minimum Gasteiger partial charge on any atom is -0.382 e. The molecule has 2 N–H and O–H groups in total. The fraction of sp³-hybridized carbons (Fsp3) is 0.375. The van der Waals surface area contributed by atoms with Crippen LogP contribution < -0.4 is 0 Å². The molecule has 2 atom stereocenters. The van der Waals surface area contributed by atoms with Crippen LogP contribution in [0, 0.1) is 0 Å². The van der Waals surface area contributed by atoms with Crippen molar-refractivity contribution in [3.05, 3.63) is 47.5 Å². The summed E-state index contributed by atoms with van der Waals surface area (Å²) in [7, 11) is 0. The highest BCUT2D eigenvalue weighted by atomic mass is 16.4. The van der Waals surface area contributed by atoms with E-state index >= 15 is 0 Å². The first-order chi connectivity index (χ1) is 8.58. The van der Waals surface area contributed by atoms with E-state index in [-0.39, 0.29) is 0 Å². The first-order valence-electron chi connectivity index (χ1n) is 6.56. The molecule has 0 unspecified atom stereocenters. The van der Waals surface area contributed by atoms with E-state index in [1.807, 2.05) is 50.2 Å². The molecule has 0 radical (unpaired) electrons. The standard InChI is InChI=1S/C16H18O2/c1-3-15(17)12-9-5-7-11-8-6-10-13(14(11)12)16(15,18)4-2/h5-10,17-18H,3-4H2,1-2H3/t15-,16+. The van der Waals surface area contributed by atoms with Gasteiger partial charge in [0.25, 0.3) is 0 Å². The number of aliphatic hydroxyl groups is 2. The third-order valence-corrected chi connectivity index (χ3v) is 4.50. The van der Waals surface area contributed by atoms with E-state index in [1.54, 1.807) is 0 Å². The van der Waals surface area contributed by atoms with Crippen molar-refractivity contribution >= 4 is 10.8 Å². The van der Waals surface area contributed by atoms with Gasteiger partial charge in [0, 0.05) is 0 Å². The van der Waals surface area contributed by atoms with Gasteiger partial charge in [-0.05, 0) is 34.7 Å². The summed E-state index contributed by atoms with van der Waals surface area (Å²) in [6, 6.07) is 11.8. The molecule has 0 amide bonds. The van der Waals surface area contributed by atoms with E-state index in [2.05, 4.69) is 0 Å². The van der Waals surface area contributed by atoms with Crippen LogP contribution in [0.5, 0.6) is 0 Å². The molecule has 0 bridgehead atoms. The molecule has 2 nitrogen and oxygen atoms in total. The van der Waals surface area contributed by atoms with Gasteiger partial charge in [0.15, 0.2) is 0 Å². The first-order valence-corrected chi connectivity index (χ1v) is 6.56. The van der Waals surface area contributed by atoms with E-state index in [4.69, 9.17) is 0 Å². The van der Waals surface area contributed by atoms with E-state index in [1.165, 1.54) is 0 Å². The summed E-state index contributed by atoms with van der Waals surface area (Å²) in [6.07, 6.45) is 1.01. The van der Waals surface area contributed by atoms with Crippen LogP contribution in [0.1, 0.15) is 37.8 Å².